The van der Waals surface area contributed by atoms with Crippen LogP contribution in [0.2, 0.25) is 0 Å². The summed E-state index contributed by atoms with van der Waals surface area (Å²) in [6.45, 7) is 6.20. The number of likely N-dealkylation sites (N-methyl/N-ethyl adjacent to an activating group) is 1. The Morgan fingerprint density at radius 3 is 2.90 bits per heavy atom. The number of halogens is 1. The fourth-order valence-electron chi connectivity index (χ4n) is 4.36. The Bertz CT molecular complexity index is 752. The third-order valence-electron chi connectivity index (χ3n) is 5.99. The molecule has 29 heavy (non-hydrogen) atoms. The van der Waals surface area contributed by atoms with Gasteiger partial charge in [-0.3, -0.25) is 9.80 Å². The molecule has 0 aliphatic carbocycles. The Kier molecular flexibility index (Phi) is 7.34. The average molecular weight is 440 g/mol. The van der Waals surface area contributed by atoms with Gasteiger partial charge >= 0.3 is 0 Å². The molecule has 2 aliphatic heterocycles. The SMILES string of the molecule is COCCN(C)C1CCN(C(c2cc3cncnc3s2)N2CCOC(Cl)C2)CC1. The zero-order chi connectivity index (χ0) is 20.2. The molecule has 2 unspecified atom stereocenters. The predicted molar refractivity (Wildman–Crippen MR) is 116 cm³/mol. The lowest BCUT2D eigenvalue weighted by atomic mass is 10.0. The van der Waals surface area contributed by atoms with E-state index in [0.717, 1.165) is 62.4 Å². The van der Waals surface area contributed by atoms with Crippen molar-refractivity contribution in [2.45, 2.75) is 30.6 Å². The minimum Gasteiger partial charge on any atom is -0.383 e. The Morgan fingerprint density at radius 2 is 2.17 bits per heavy atom. The first-order valence-electron chi connectivity index (χ1n) is 10.3. The van der Waals surface area contributed by atoms with Crippen LogP contribution in [0.1, 0.15) is 23.9 Å². The van der Waals surface area contributed by atoms with E-state index >= 15 is 0 Å². The maximum Gasteiger partial charge on any atom is 0.143 e. The average Bonchev–Trinajstić information content (AvgIpc) is 3.16. The molecule has 2 saturated heterocycles. The molecule has 160 valence electrons. The summed E-state index contributed by atoms with van der Waals surface area (Å²) in [7, 11) is 3.98. The van der Waals surface area contributed by atoms with Gasteiger partial charge in [0.2, 0.25) is 0 Å². The Labute approximate surface area is 181 Å². The number of piperidine rings is 1. The first kappa shape index (κ1) is 21.4. The Morgan fingerprint density at radius 1 is 1.34 bits per heavy atom. The molecule has 4 heterocycles. The highest BCUT2D eigenvalue weighted by Crippen LogP contribution is 2.36. The maximum atomic E-state index is 6.35. The lowest BCUT2D eigenvalue weighted by Gasteiger charge is -2.45. The van der Waals surface area contributed by atoms with Gasteiger partial charge < -0.3 is 14.4 Å². The van der Waals surface area contributed by atoms with E-state index < -0.39 is 0 Å². The van der Waals surface area contributed by atoms with Gasteiger partial charge in [0.1, 0.15) is 16.7 Å². The number of aromatic nitrogens is 2. The van der Waals surface area contributed by atoms with Crippen LogP contribution in [0, 0.1) is 0 Å². The highest BCUT2D eigenvalue weighted by molar-refractivity contribution is 7.18. The third kappa shape index (κ3) is 5.07. The first-order valence-corrected chi connectivity index (χ1v) is 11.5. The highest BCUT2D eigenvalue weighted by Gasteiger charge is 2.35. The van der Waals surface area contributed by atoms with E-state index in [1.54, 1.807) is 24.8 Å². The van der Waals surface area contributed by atoms with Crippen LogP contribution in [0.15, 0.2) is 18.6 Å². The molecule has 0 amide bonds. The number of methoxy groups -OCH3 is 1. The van der Waals surface area contributed by atoms with Crippen molar-refractivity contribution in [3.05, 3.63) is 23.5 Å². The number of likely N-dealkylation sites (tertiary alicyclic amines) is 1. The number of rotatable bonds is 7. The van der Waals surface area contributed by atoms with Gasteiger partial charge in [0.25, 0.3) is 0 Å². The van der Waals surface area contributed by atoms with Crippen LogP contribution in [0.25, 0.3) is 10.2 Å². The number of hydrogen-bond acceptors (Lipinski definition) is 8. The molecular formula is C20H30ClN5O2S. The molecule has 0 N–H and O–H groups in total. The summed E-state index contributed by atoms with van der Waals surface area (Å²) >= 11 is 8.12. The number of ether oxygens (including phenoxy) is 2. The van der Waals surface area contributed by atoms with Gasteiger partial charge in [-0.25, -0.2) is 9.97 Å². The molecule has 2 aliphatic rings. The zero-order valence-electron chi connectivity index (χ0n) is 17.2. The summed E-state index contributed by atoms with van der Waals surface area (Å²) in [5.74, 6) is 0. The molecule has 0 radical (unpaired) electrons. The van der Waals surface area contributed by atoms with Crippen molar-refractivity contribution in [3.63, 3.8) is 0 Å². The standard InChI is InChI=1S/C20H30ClN5O2S/c1-24(7-9-27-2)16-3-5-25(6-4-16)20(26-8-10-28-18(21)13-26)17-11-15-12-22-14-23-19(15)29-17/h11-12,14,16,18,20H,3-10,13H2,1-2H3. The molecule has 0 saturated carbocycles. The lowest BCUT2D eigenvalue weighted by molar-refractivity contribution is -0.0578. The van der Waals surface area contributed by atoms with Crippen LogP contribution < -0.4 is 0 Å². The number of hydrogen-bond donors (Lipinski definition) is 0. The van der Waals surface area contributed by atoms with E-state index in [4.69, 9.17) is 21.1 Å². The molecule has 7 nitrogen and oxygen atoms in total. The molecule has 0 spiro atoms. The smallest absolute Gasteiger partial charge is 0.143 e. The van der Waals surface area contributed by atoms with E-state index in [2.05, 4.69) is 37.8 Å². The van der Waals surface area contributed by atoms with Crippen LogP contribution in [-0.2, 0) is 9.47 Å². The quantitative estimate of drug-likeness (QED) is 0.614. The molecule has 2 aromatic heterocycles. The number of fused-ring (bicyclic) bond motifs is 1. The molecule has 2 fully saturated rings. The summed E-state index contributed by atoms with van der Waals surface area (Å²) in [6.07, 6.45) is 6.07. The Balaban J connectivity index is 1.51. The van der Waals surface area contributed by atoms with Gasteiger partial charge in [0, 0.05) is 62.3 Å². The fraction of sp³-hybridized carbons (Fsp3) is 0.700. The summed E-state index contributed by atoms with van der Waals surface area (Å²) in [6, 6.07) is 2.86. The molecule has 2 atom stereocenters. The van der Waals surface area contributed by atoms with E-state index in [0.29, 0.717) is 12.6 Å². The second kappa shape index (κ2) is 9.96. The summed E-state index contributed by atoms with van der Waals surface area (Å²) in [5, 5.41) is 1.11. The van der Waals surface area contributed by atoms with Gasteiger partial charge in [0.05, 0.1) is 19.4 Å². The van der Waals surface area contributed by atoms with Crippen molar-refractivity contribution < 1.29 is 9.47 Å². The van der Waals surface area contributed by atoms with Gasteiger partial charge in [-0.2, -0.15) is 0 Å². The van der Waals surface area contributed by atoms with Gasteiger partial charge in [-0.1, -0.05) is 11.6 Å². The van der Waals surface area contributed by atoms with Crippen molar-refractivity contribution in [2.24, 2.45) is 0 Å². The van der Waals surface area contributed by atoms with Crippen molar-refractivity contribution in [2.75, 3.05) is 60.1 Å². The van der Waals surface area contributed by atoms with Crippen LogP contribution >= 0.6 is 22.9 Å². The number of alkyl halides is 1. The van der Waals surface area contributed by atoms with E-state index in [-0.39, 0.29) is 11.7 Å². The van der Waals surface area contributed by atoms with Crippen LogP contribution in [0.3, 0.4) is 0 Å². The molecule has 0 aromatic carbocycles. The van der Waals surface area contributed by atoms with E-state index in [1.165, 1.54) is 4.88 Å². The van der Waals surface area contributed by atoms with Gasteiger partial charge in [-0.15, -0.1) is 11.3 Å². The van der Waals surface area contributed by atoms with Crippen LogP contribution in [-0.4, -0.2) is 96.4 Å². The summed E-state index contributed by atoms with van der Waals surface area (Å²) < 4.78 is 10.8. The number of nitrogens with zero attached hydrogens (tertiary/aromatic N) is 5. The minimum absolute atomic E-state index is 0.213. The van der Waals surface area contributed by atoms with Gasteiger partial charge in [-0.05, 0) is 26.0 Å². The largest absolute Gasteiger partial charge is 0.383 e. The van der Waals surface area contributed by atoms with Crippen molar-refractivity contribution in [3.8, 4) is 0 Å². The van der Waals surface area contributed by atoms with Crippen molar-refractivity contribution >= 4 is 33.2 Å². The number of thiophene rings is 1. The molecule has 0 bridgehead atoms. The first-order chi connectivity index (χ1) is 14.2. The van der Waals surface area contributed by atoms with Crippen LogP contribution in [0.5, 0.6) is 0 Å². The topological polar surface area (TPSA) is 54.0 Å². The maximum absolute atomic E-state index is 6.35. The lowest BCUT2D eigenvalue weighted by Crippen LogP contribution is -2.52. The van der Waals surface area contributed by atoms with E-state index in [9.17, 15) is 0 Å². The van der Waals surface area contributed by atoms with Crippen molar-refractivity contribution in [1.29, 1.82) is 0 Å². The Hall–Kier alpha value is -0.870. The molecule has 2 aromatic rings. The molecular weight excluding hydrogens is 410 g/mol. The zero-order valence-corrected chi connectivity index (χ0v) is 18.7. The van der Waals surface area contributed by atoms with Crippen LogP contribution in [0.4, 0.5) is 0 Å². The second-order valence-electron chi connectivity index (χ2n) is 7.82. The predicted octanol–water partition coefficient (Wildman–Crippen LogP) is 2.63. The van der Waals surface area contributed by atoms with E-state index in [1.807, 2.05) is 6.20 Å². The van der Waals surface area contributed by atoms with Gasteiger partial charge in [0.15, 0.2) is 0 Å². The second-order valence-corrected chi connectivity index (χ2v) is 9.37. The normalized spacial score (nSPS) is 23.8. The van der Waals surface area contributed by atoms with Crippen molar-refractivity contribution in [1.82, 2.24) is 24.7 Å². The number of morpholine rings is 1. The highest BCUT2D eigenvalue weighted by atomic mass is 35.5. The summed E-state index contributed by atoms with van der Waals surface area (Å²) in [4.78, 5) is 18.5. The minimum atomic E-state index is -0.252. The summed E-state index contributed by atoms with van der Waals surface area (Å²) in [5.41, 5.74) is -0.252. The third-order valence-corrected chi connectivity index (χ3v) is 7.35. The monoisotopic (exact) mass is 439 g/mol. The fourth-order valence-corrected chi connectivity index (χ4v) is 5.77. The molecule has 9 heteroatoms. The molecule has 4 rings (SSSR count).